The monoisotopic (exact) mass is 287 g/mol. The van der Waals surface area contributed by atoms with Crippen molar-refractivity contribution in [1.82, 2.24) is 9.97 Å². The van der Waals surface area contributed by atoms with E-state index in [0.29, 0.717) is 11.8 Å². The van der Waals surface area contributed by atoms with Gasteiger partial charge in [-0.05, 0) is 18.6 Å². The van der Waals surface area contributed by atoms with Crippen molar-refractivity contribution in [2.45, 2.75) is 32.3 Å². The third kappa shape index (κ3) is 3.42. The molecule has 1 saturated heterocycles. The molecule has 1 aliphatic rings. The molecule has 112 valence electrons. The van der Waals surface area contributed by atoms with E-state index in [4.69, 9.17) is 9.47 Å². The highest BCUT2D eigenvalue weighted by Gasteiger charge is 2.18. The number of ether oxygens (including phenoxy) is 2. The Bertz CT molecular complexity index is 597. The highest BCUT2D eigenvalue weighted by atomic mass is 16.5. The van der Waals surface area contributed by atoms with Crippen molar-refractivity contribution in [3.05, 3.63) is 24.3 Å². The second kappa shape index (κ2) is 6.72. The van der Waals surface area contributed by atoms with Gasteiger partial charge < -0.3 is 14.8 Å². The maximum Gasteiger partial charge on any atom is 0.226 e. The first kappa shape index (κ1) is 14.1. The predicted molar refractivity (Wildman–Crippen MR) is 82.8 cm³/mol. The number of anilines is 1. The number of aromatic nitrogens is 2. The van der Waals surface area contributed by atoms with E-state index in [1.807, 2.05) is 24.3 Å². The average molecular weight is 287 g/mol. The molecular formula is C16H21N3O2. The van der Waals surface area contributed by atoms with Gasteiger partial charge in [-0.2, -0.15) is 4.98 Å². The minimum absolute atomic E-state index is 0.177. The van der Waals surface area contributed by atoms with Crippen LogP contribution in [0, 0.1) is 0 Å². The van der Waals surface area contributed by atoms with Gasteiger partial charge >= 0.3 is 0 Å². The zero-order valence-corrected chi connectivity index (χ0v) is 12.3. The lowest BCUT2D eigenvalue weighted by atomic mass is 10.1. The van der Waals surface area contributed by atoms with Gasteiger partial charge in [-0.15, -0.1) is 0 Å². The van der Waals surface area contributed by atoms with E-state index >= 15 is 0 Å². The second-order valence-corrected chi connectivity index (χ2v) is 5.23. The lowest BCUT2D eigenvalue weighted by Gasteiger charge is -2.23. The molecule has 0 bridgehead atoms. The van der Waals surface area contributed by atoms with Gasteiger partial charge in [0, 0.05) is 19.4 Å². The Morgan fingerprint density at radius 1 is 1.24 bits per heavy atom. The summed E-state index contributed by atoms with van der Waals surface area (Å²) in [6.07, 6.45) is 3.04. The van der Waals surface area contributed by atoms with Gasteiger partial charge in [0.05, 0.1) is 24.1 Å². The molecular weight excluding hydrogens is 266 g/mol. The van der Waals surface area contributed by atoms with Gasteiger partial charge in [-0.1, -0.05) is 19.1 Å². The summed E-state index contributed by atoms with van der Waals surface area (Å²) >= 11 is 0. The number of benzene rings is 1. The molecule has 0 unspecified atom stereocenters. The molecule has 21 heavy (non-hydrogen) atoms. The standard InChI is InChI=1S/C16H21N3O2/c1-2-9-17-16-18-14-6-4-3-5-13(14)15(19-16)21-12-7-10-20-11-8-12/h3-6,12H,2,7-11H2,1H3,(H,17,18,19). The number of nitrogens with one attached hydrogen (secondary N) is 1. The largest absolute Gasteiger partial charge is 0.474 e. The number of rotatable bonds is 5. The molecule has 1 fully saturated rings. The molecule has 1 N–H and O–H groups in total. The number of hydrogen-bond acceptors (Lipinski definition) is 5. The number of para-hydroxylation sites is 1. The summed E-state index contributed by atoms with van der Waals surface area (Å²) in [5.74, 6) is 1.31. The molecule has 1 aromatic heterocycles. The summed E-state index contributed by atoms with van der Waals surface area (Å²) in [5, 5.41) is 4.20. The number of hydrogen-bond donors (Lipinski definition) is 1. The van der Waals surface area contributed by atoms with Crippen molar-refractivity contribution in [1.29, 1.82) is 0 Å². The minimum atomic E-state index is 0.177. The van der Waals surface area contributed by atoms with Crippen LogP contribution in [0.4, 0.5) is 5.95 Å². The van der Waals surface area contributed by atoms with E-state index in [9.17, 15) is 0 Å². The van der Waals surface area contributed by atoms with Crippen LogP contribution in [0.15, 0.2) is 24.3 Å². The molecule has 0 spiro atoms. The van der Waals surface area contributed by atoms with E-state index in [1.54, 1.807) is 0 Å². The van der Waals surface area contributed by atoms with Gasteiger partial charge in [0.25, 0.3) is 0 Å². The molecule has 5 nitrogen and oxygen atoms in total. The Morgan fingerprint density at radius 3 is 2.86 bits per heavy atom. The Kier molecular flexibility index (Phi) is 4.50. The van der Waals surface area contributed by atoms with Crippen LogP contribution in [0.1, 0.15) is 26.2 Å². The van der Waals surface area contributed by atoms with Crippen LogP contribution in [-0.4, -0.2) is 35.8 Å². The third-order valence-electron chi connectivity index (χ3n) is 3.55. The molecule has 1 aliphatic heterocycles. The summed E-state index contributed by atoms with van der Waals surface area (Å²) in [4.78, 5) is 9.09. The number of fused-ring (bicyclic) bond motifs is 1. The van der Waals surface area contributed by atoms with Crippen LogP contribution in [0.3, 0.4) is 0 Å². The van der Waals surface area contributed by atoms with Crippen LogP contribution in [-0.2, 0) is 4.74 Å². The lowest BCUT2D eigenvalue weighted by molar-refractivity contribution is 0.0244. The molecule has 0 amide bonds. The normalized spacial score (nSPS) is 16.0. The third-order valence-corrected chi connectivity index (χ3v) is 3.55. The maximum absolute atomic E-state index is 6.12. The Labute approximate surface area is 124 Å². The van der Waals surface area contributed by atoms with Crippen LogP contribution in [0.2, 0.25) is 0 Å². The summed E-state index contributed by atoms with van der Waals surface area (Å²) < 4.78 is 11.5. The first-order valence-corrected chi connectivity index (χ1v) is 7.62. The molecule has 2 aromatic rings. The lowest BCUT2D eigenvalue weighted by Crippen LogP contribution is -2.26. The number of nitrogens with zero attached hydrogens (tertiary/aromatic N) is 2. The molecule has 1 aromatic carbocycles. The Morgan fingerprint density at radius 2 is 2.05 bits per heavy atom. The smallest absolute Gasteiger partial charge is 0.226 e. The van der Waals surface area contributed by atoms with Gasteiger partial charge in [0.15, 0.2) is 0 Å². The van der Waals surface area contributed by atoms with E-state index in [-0.39, 0.29) is 6.10 Å². The molecule has 0 radical (unpaired) electrons. The molecule has 5 heteroatoms. The minimum Gasteiger partial charge on any atom is -0.474 e. The highest BCUT2D eigenvalue weighted by Crippen LogP contribution is 2.26. The molecule has 0 aliphatic carbocycles. The molecule has 2 heterocycles. The van der Waals surface area contributed by atoms with E-state index in [2.05, 4.69) is 22.2 Å². The Hall–Kier alpha value is -1.88. The quantitative estimate of drug-likeness (QED) is 0.916. The second-order valence-electron chi connectivity index (χ2n) is 5.23. The van der Waals surface area contributed by atoms with Gasteiger partial charge in [0.2, 0.25) is 11.8 Å². The average Bonchev–Trinajstić information content (AvgIpc) is 2.54. The van der Waals surface area contributed by atoms with Gasteiger partial charge in [-0.25, -0.2) is 4.98 Å². The topological polar surface area (TPSA) is 56.3 Å². The predicted octanol–water partition coefficient (Wildman–Crippen LogP) is 3.01. The fourth-order valence-electron chi connectivity index (χ4n) is 2.40. The van der Waals surface area contributed by atoms with E-state index in [0.717, 1.165) is 49.9 Å². The van der Waals surface area contributed by atoms with E-state index in [1.165, 1.54) is 0 Å². The van der Waals surface area contributed by atoms with Crippen molar-refractivity contribution in [2.24, 2.45) is 0 Å². The van der Waals surface area contributed by atoms with Crippen LogP contribution >= 0.6 is 0 Å². The van der Waals surface area contributed by atoms with Gasteiger partial charge in [-0.3, -0.25) is 0 Å². The van der Waals surface area contributed by atoms with Crippen LogP contribution < -0.4 is 10.1 Å². The van der Waals surface area contributed by atoms with Crippen molar-refractivity contribution in [3.8, 4) is 5.88 Å². The molecule has 0 atom stereocenters. The fourth-order valence-corrected chi connectivity index (χ4v) is 2.40. The SMILES string of the molecule is CCCNc1nc(OC2CCOCC2)c2ccccc2n1. The van der Waals surface area contributed by atoms with E-state index < -0.39 is 0 Å². The van der Waals surface area contributed by atoms with Crippen molar-refractivity contribution in [3.63, 3.8) is 0 Å². The summed E-state index contributed by atoms with van der Waals surface area (Å²) in [6.45, 7) is 4.49. The summed E-state index contributed by atoms with van der Waals surface area (Å²) in [6, 6.07) is 7.97. The van der Waals surface area contributed by atoms with Crippen molar-refractivity contribution < 1.29 is 9.47 Å². The summed E-state index contributed by atoms with van der Waals surface area (Å²) in [7, 11) is 0. The first-order chi connectivity index (χ1) is 10.4. The molecule has 0 saturated carbocycles. The molecule has 3 rings (SSSR count). The van der Waals surface area contributed by atoms with Crippen LogP contribution in [0.5, 0.6) is 5.88 Å². The van der Waals surface area contributed by atoms with Crippen LogP contribution in [0.25, 0.3) is 10.9 Å². The highest BCUT2D eigenvalue weighted by molar-refractivity contribution is 5.84. The summed E-state index contributed by atoms with van der Waals surface area (Å²) in [5.41, 5.74) is 0.910. The zero-order chi connectivity index (χ0) is 14.5. The fraction of sp³-hybridized carbons (Fsp3) is 0.500. The Balaban J connectivity index is 1.89. The first-order valence-electron chi connectivity index (χ1n) is 7.62. The van der Waals surface area contributed by atoms with Crippen molar-refractivity contribution in [2.75, 3.05) is 25.1 Å². The van der Waals surface area contributed by atoms with Crippen molar-refractivity contribution >= 4 is 16.9 Å². The maximum atomic E-state index is 6.12. The zero-order valence-electron chi connectivity index (χ0n) is 12.3. The van der Waals surface area contributed by atoms with Gasteiger partial charge in [0.1, 0.15) is 6.10 Å².